The molecular weight excluding hydrogens is 410 g/mol. The second kappa shape index (κ2) is 7.09. The fourth-order valence-corrected chi connectivity index (χ4v) is 3.83. The molecule has 25 heavy (non-hydrogen) atoms. The fraction of sp³-hybridized carbons (Fsp3) is 0.312. The van der Waals surface area contributed by atoms with E-state index in [1.807, 2.05) is 0 Å². The van der Waals surface area contributed by atoms with Gasteiger partial charge in [-0.1, -0.05) is 15.9 Å². The Bertz CT molecular complexity index is 896. The summed E-state index contributed by atoms with van der Waals surface area (Å²) in [6.07, 6.45) is 1.16. The first-order valence-corrected chi connectivity index (χ1v) is 9.67. The van der Waals surface area contributed by atoms with Crippen LogP contribution in [0.2, 0.25) is 0 Å². The lowest BCUT2D eigenvalue weighted by Crippen LogP contribution is -2.39. The molecule has 0 radical (unpaired) electrons. The summed E-state index contributed by atoms with van der Waals surface area (Å²) >= 11 is 3.28. The van der Waals surface area contributed by atoms with Crippen LogP contribution >= 0.6 is 15.9 Å². The smallest absolute Gasteiger partial charge is 0.290 e. The number of benzene rings is 1. The molecule has 0 amide bonds. The quantitative estimate of drug-likeness (QED) is 0.556. The van der Waals surface area contributed by atoms with E-state index in [4.69, 9.17) is 0 Å². The third-order valence-electron chi connectivity index (χ3n) is 3.83. The molecule has 0 saturated carbocycles. The zero-order valence-electron chi connectivity index (χ0n) is 14.0. The third-order valence-corrected chi connectivity index (χ3v) is 6.85. The molecule has 134 valence electrons. The number of rotatable bonds is 6. The number of hydrogen-bond donors (Lipinski definition) is 1. The number of nitro groups is 1. The van der Waals surface area contributed by atoms with Crippen molar-refractivity contribution in [2.75, 3.05) is 11.9 Å². The van der Waals surface area contributed by atoms with Crippen LogP contribution in [0.3, 0.4) is 0 Å². The van der Waals surface area contributed by atoms with Crippen molar-refractivity contribution in [2.45, 2.75) is 30.4 Å². The summed E-state index contributed by atoms with van der Waals surface area (Å²) < 4.78 is 25.4. The van der Waals surface area contributed by atoms with Gasteiger partial charge in [-0.15, -0.1) is 0 Å². The number of sulfone groups is 1. The van der Waals surface area contributed by atoms with Crippen molar-refractivity contribution >= 4 is 37.3 Å². The minimum Gasteiger partial charge on any atom is -0.368 e. The van der Waals surface area contributed by atoms with E-state index in [1.165, 1.54) is 6.07 Å². The largest absolute Gasteiger partial charge is 0.368 e. The molecule has 2 aromatic rings. The van der Waals surface area contributed by atoms with Crippen molar-refractivity contribution in [2.24, 2.45) is 0 Å². The normalized spacial score (nSPS) is 12.0. The summed E-state index contributed by atoms with van der Waals surface area (Å²) in [7, 11) is -3.58. The lowest BCUT2D eigenvalue weighted by molar-refractivity contribution is -0.385. The van der Waals surface area contributed by atoms with Gasteiger partial charge in [-0.25, -0.2) is 13.4 Å². The first-order valence-electron chi connectivity index (χ1n) is 7.40. The Morgan fingerprint density at radius 3 is 2.40 bits per heavy atom. The van der Waals surface area contributed by atoms with Crippen molar-refractivity contribution < 1.29 is 13.3 Å². The Morgan fingerprint density at radius 2 is 1.88 bits per heavy atom. The van der Waals surface area contributed by atoms with E-state index in [1.54, 1.807) is 45.0 Å². The Kier molecular flexibility index (Phi) is 5.48. The molecule has 1 aromatic heterocycles. The highest BCUT2D eigenvalue weighted by atomic mass is 79.9. The molecular formula is C16H18BrN3O4S. The summed E-state index contributed by atoms with van der Waals surface area (Å²) in [5.41, 5.74) is 0.378. The van der Waals surface area contributed by atoms with Gasteiger partial charge >= 0.3 is 0 Å². The number of halogens is 1. The minimum atomic E-state index is -3.58. The lowest BCUT2D eigenvalue weighted by atomic mass is 10.2. The standard InChI is InChI=1S/C16H18BrN3O4S/c1-11-8-15(18-9-14(11)20(21)22)19-10-16(2,3)25(23,24)13-6-4-12(17)5-7-13/h4-9H,10H2,1-3H3,(H,18,19). The van der Waals surface area contributed by atoms with Gasteiger partial charge in [0.2, 0.25) is 0 Å². The molecule has 0 atom stereocenters. The first-order chi connectivity index (χ1) is 11.5. The third kappa shape index (κ3) is 4.16. The summed E-state index contributed by atoms with van der Waals surface area (Å²) in [4.78, 5) is 14.5. The molecule has 0 bridgehead atoms. The van der Waals surface area contributed by atoms with Gasteiger partial charge in [0.05, 0.1) is 14.6 Å². The highest BCUT2D eigenvalue weighted by Crippen LogP contribution is 2.27. The molecule has 7 nitrogen and oxygen atoms in total. The fourth-order valence-electron chi connectivity index (χ4n) is 2.17. The number of nitrogens with zero attached hydrogens (tertiary/aromatic N) is 2. The Hall–Kier alpha value is -2.00. The van der Waals surface area contributed by atoms with Crippen LogP contribution in [0.4, 0.5) is 11.5 Å². The highest BCUT2D eigenvalue weighted by Gasteiger charge is 2.35. The van der Waals surface area contributed by atoms with Gasteiger partial charge in [0, 0.05) is 16.6 Å². The molecule has 1 heterocycles. The van der Waals surface area contributed by atoms with E-state index in [0.29, 0.717) is 11.4 Å². The number of aromatic nitrogens is 1. The number of nitrogens with one attached hydrogen (secondary N) is 1. The molecule has 2 rings (SSSR count). The maximum atomic E-state index is 12.8. The molecule has 9 heteroatoms. The number of anilines is 1. The van der Waals surface area contributed by atoms with Crippen LogP contribution in [0.15, 0.2) is 45.9 Å². The first kappa shape index (κ1) is 19.3. The monoisotopic (exact) mass is 427 g/mol. The van der Waals surface area contributed by atoms with Gasteiger partial charge in [0.25, 0.3) is 5.69 Å². The zero-order chi connectivity index (χ0) is 18.8. The van der Waals surface area contributed by atoms with Crippen molar-refractivity contribution in [1.29, 1.82) is 0 Å². The molecule has 0 unspecified atom stereocenters. The number of aryl methyl sites for hydroxylation is 1. The van der Waals surface area contributed by atoms with E-state index in [0.717, 1.165) is 10.7 Å². The number of hydrogen-bond acceptors (Lipinski definition) is 6. The van der Waals surface area contributed by atoms with Crippen LogP contribution in [0.25, 0.3) is 0 Å². The van der Waals surface area contributed by atoms with Crippen molar-refractivity contribution in [3.05, 3.63) is 56.7 Å². The molecule has 0 spiro atoms. The average Bonchev–Trinajstić information content (AvgIpc) is 2.53. The highest BCUT2D eigenvalue weighted by molar-refractivity contribution is 9.10. The van der Waals surface area contributed by atoms with Crippen LogP contribution in [0, 0.1) is 17.0 Å². The average molecular weight is 428 g/mol. The Labute approximate surface area is 154 Å². The Balaban J connectivity index is 2.19. The van der Waals surface area contributed by atoms with Gasteiger partial charge in [0.15, 0.2) is 9.84 Å². The molecule has 0 aliphatic heterocycles. The van der Waals surface area contributed by atoms with Gasteiger partial charge < -0.3 is 5.32 Å². The molecule has 0 fully saturated rings. The van der Waals surface area contributed by atoms with Gasteiger partial charge in [0.1, 0.15) is 12.0 Å². The van der Waals surface area contributed by atoms with Crippen LogP contribution in [-0.2, 0) is 9.84 Å². The maximum Gasteiger partial charge on any atom is 0.290 e. The molecule has 0 aliphatic rings. The number of pyridine rings is 1. The van der Waals surface area contributed by atoms with Gasteiger partial charge in [-0.3, -0.25) is 10.1 Å². The van der Waals surface area contributed by atoms with Crippen LogP contribution in [0.1, 0.15) is 19.4 Å². The predicted octanol–water partition coefficient (Wildman–Crippen LogP) is 3.73. The molecule has 1 N–H and O–H groups in total. The molecule has 0 saturated heterocycles. The van der Waals surface area contributed by atoms with Gasteiger partial charge in [-0.2, -0.15) is 0 Å². The van der Waals surface area contributed by atoms with Crippen LogP contribution < -0.4 is 5.32 Å². The molecule has 1 aromatic carbocycles. The Morgan fingerprint density at radius 1 is 1.28 bits per heavy atom. The lowest BCUT2D eigenvalue weighted by Gasteiger charge is -2.25. The van der Waals surface area contributed by atoms with E-state index in [2.05, 4.69) is 26.2 Å². The molecule has 0 aliphatic carbocycles. The topological polar surface area (TPSA) is 102 Å². The zero-order valence-corrected chi connectivity index (χ0v) is 16.4. The van der Waals surface area contributed by atoms with Crippen molar-refractivity contribution in [3.63, 3.8) is 0 Å². The maximum absolute atomic E-state index is 12.8. The SMILES string of the molecule is Cc1cc(NCC(C)(C)S(=O)(=O)c2ccc(Br)cc2)ncc1[N+](=O)[O-]. The predicted molar refractivity (Wildman–Crippen MR) is 99.5 cm³/mol. The van der Waals surface area contributed by atoms with Crippen LogP contribution in [0.5, 0.6) is 0 Å². The van der Waals surface area contributed by atoms with Crippen molar-refractivity contribution in [1.82, 2.24) is 4.98 Å². The van der Waals surface area contributed by atoms with E-state index in [9.17, 15) is 18.5 Å². The van der Waals surface area contributed by atoms with E-state index in [-0.39, 0.29) is 17.1 Å². The second-order valence-electron chi connectivity index (χ2n) is 6.18. The summed E-state index contributed by atoms with van der Waals surface area (Å²) in [5.74, 6) is 0.391. The van der Waals surface area contributed by atoms with Crippen molar-refractivity contribution in [3.8, 4) is 0 Å². The second-order valence-corrected chi connectivity index (χ2v) is 9.68. The summed E-state index contributed by atoms with van der Waals surface area (Å²) in [6, 6.07) is 7.99. The van der Waals surface area contributed by atoms with Gasteiger partial charge in [-0.05, 0) is 51.1 Å². The van der Waals surface area contributed by atoms with E-state index < -0.39 is 19.5 Å². The van der Waals surface area contributed by atoms with E-state index >= 15 is 0 Å². The summed E-state index contributed by atoms with van der Waals surface area (Å²) in [5, 5.41) is 13.8. The summed E-state index contributed by atoms with van der Waals surface area (Å²) in [6.45, 7) is 4.95. The van der Waals surface area contributed by atoms with Crippen LogP contribution in [-0.4, -0.2) is 29.6 Å². The minimum absolute atomic E-state index is 0.0766.